The second-order valence-corrected chi connectivity index (χ2v) is 5.91. The number of benzene rings is 1. The van der Waals surface area contributed by atoms with E-state index in [0.717, 1.165) is 32.1 Å². The van der Waals surface area contributed by atoms with Gasteiger partial charge in [-0.1, -0.05) is 43.7 Å². The van der Waals surface area contributed by atoms with Gasteiger partial charge in [0.15, 0.2) is 0 Å². The standard InChI is InChI=1S/C17H22N2O/c1-2-10-17(13-18)11-6-9-16-19(17)15(12-20-16)14-7-4-3-5-8-14/h3-5,7-8,15-16H,2,6,9-12H2,1H3. The summed E-state index contributed by atoms with van der Waals surface area (Å²) >= 11 is 0. The molecule has 3 nitrogen and oxygen atoms in total. The summed E-state index contributed by atoms with van der Waals surface area (Å²) in [6, 6.07) is 13.3. The first-order valence-electron chi connectivity index (χ1n) is 7.67. The van der Waals surface area contributed by atoms with Crippen LogP contribution >= 0.6 is 0 Å². The first-order chi connectivity index (χ1) is 9.80. The fourth-order valence-corrected chi connectivity index (χ4v) is 3.83. The van der Waals surface area contributed by atoms with E-state index in [2.05, 4.69) is 42.2 Å². The van der Waals surface area contributed by atoms with Gasteiger partial charge in [0.1, 0.15) is 11.8 Å². The van der Waals surface area contributed by atoms with Crippen LogP contribution in [0.2, 0.25) is 0 Å². The van der Waals surface area contributed by atoms with Gasteiger partial charge in [-0.25, -0.2) is 0 Å². The van der Waals surface area contributed by atoms with E-state index in [1.165, 1.54) is 5.56 Å². The Kier molecular flexibility index (Phi) is 3.78. The van der Waals surface area contributed by atoms with Crippen LogP contribution in [-0.4, -0.2) is 23.3 Å². The molecule has 3 atom stereocenters. The third-order valence-electron chi connectivity index (χ3n) is 4.68. The van der Waals surface area contributed by atoms with Crippen LogP contribution in [0.3, 0.4) is 0 Å². The topological polar surface area (TPSA) is 36.3 Å². The van der Waals surface area contributed by atoms with E-state index in [1.807, 2.05) is 6.07 Å². The van der Waals surface area contributed by atoms with Crippen molar-refractivity contribution in [1.82, 2.24) is 4.90 Å². The van der Waals surface area contributed by atoms with E-state index < -0.39 is 0 Å². The van der Waals surface area contributed by atoms with E-state index in [9.17, 15) is 5.26 Å². The highest BCUT2D eigenvalue weighted by Crippen LogP contribution is 2.45. The van der Waals surface area contributed by atoms with Gasteiger partial charge >= 0.3 is 0 Å². The van der Waals surface area contributed by atoms with Crippen LogP contribution in [0.25, 0.3) is 0 Å². The highest BCUT2D eigenvalue weighted by Gasteiger charge is 2.50. The predicted octanol–water partition coefficient (Wildman–Crippen LogP) is 3.63. The van der Waals surface area contributed by atoms with Gasteiger partial charge in [0.25, 0.3) is 0 Å². The molecule has 1 aromatic rings. The Balaban J connectivity index is 1.96. The second-order valence-electron chi connectivity index (χ2n) is 5.91. The summed E-state index contributed by atoms with van der Waals surface area (Å²) in [6.45, 7) is 2.87. The second kappa shape index (κ2) is 5.55. The van der Waals surface area contributed by atoms with Gasteiger partial charge in [0, 0.05) is 0 Å². The Hall–Kier alpha value is -1.37. The SMILES string of the molecule is CCCC1(C#N)CCCC2OCC(c3ccccc3)N21. The summed E-state index contributed by atoms with van der Waals surface area (Å²) in [5, 5.41) is 9.84. The third-order valence-corrected chi connectivity index (χ3v) is 4.68. The van der Waals surface area contributed by atoms with E-state index in [1.54, 1.807) is 0 Å². The molecule has 2 aliphatic heterocycles. The van der Waals surface area contributed by atoms with E-state index in [4.69, 9.17) is 4.74 Å². The molecule has 0 radical (unpaired) electrons. The minimum Gasteiger partial charge on any atom is -0.361 e. The van der Waals surface area contributed by atoms with Crippen LogP contribution in [0.15, 0.2) is 30.3 Å². The molecule has 0 aliphatic carbocycles. The molecule has 3 unspecified atom stereocenters. The quantitative estimate of drug-likeness (QED) is 0.841. The van der Waals surface area contributed by atoms with Crippen molar-refractivity contribution >= 4 is 0 Å². The molecule has 3 heteroatoms. The van der Waals surface area contributed by atoms with Gasteiger partial charge < -0.3 is 4.74 Å². The van der Waals surface area contributed by atoms with Crippen molar-refractivity contribution in [1.29, 1.82) is 5.26 Å². The zero-order chi connectivity index (χ0) is 14.0. The molecule has 2 aliphatic rings. The number of piperidine rings is 1. The molecule has 0 N–H and O–H groups in total. The summed E-state index contributed by atoms with van der Waals surface area (Å²) in [4.78, 5) is 2.37. The average Bonchev–Trinajstić information content (AvgIpc) is 2.94. The Morgan fingerprint density at radius 3 is 2.90 bits per heavy atom. The number of hydrogen-bond donors (Lipinski definition) is 0. The van der Waals surface area contributed by atoms with Crippen molar-refractivity contribution in [3.05, 3.63) is 35.9 Å². The van der Waals surface area contributed by atoms with Crippen molar-refractivity contribution in [2.45, 2.75) is 56.8 Å². The first-order valence-corrected chi connectivity index (χ1v) is 7.67. The van der Waals surface area contributed by atoms with Gasteiger partial charge in [-0.05, 0) is 31.2 Å². The van der Waals surface area contributed by atoms with Gasteiger partial charge in [-0.15, -0.1) is 0 Å². The van der Waals surface area contributed by atoms with Gasteiger partial charge in [-0.2, -0.15) is 5.26 Å². The molecule has 0 amide bonds. The molecule has 0 aromatic heterocycles. The monoisotopic (exact) mass is 270 g/mol. The molecular weight excluding hydrogens is 248 g/mol. The normalized spacial score (nSPS) is 33.6. The van der Waals surface area contributed by atoms with Crippen LogP contribution in [0, 0.1) is 11.3 Å². The largest absolute Gasteiger partial charge is 0.361 e. The summed E-state index contributed by atoms with van der Waals surface area (Å²) < 4.78 is 6.00. The van der Waals surface area contributed by atoms with Crippen LogP contribution in [0.5, 0.6) is 0 Å². The maximum atomic E-state index is 9.84. The zero-order valence-corrected chi connectivity index (χ0v) is 12.1. The van der Waals surface area contributed by atoms with E-state index >= 15 is 0 Å². The lowest BCUT2D eigenvalue weighted by molar-refractivity contribution is -0.0549. The fourth-order valence-electron chi connectivity index (χ4n) is 3.83. The van der Waals surface area contributed by atoms with Crippen molar-refractivity contribution in [2.75, 3.05) is 6.61 Å². The molecule has 1 aromatic carbocycles. The van der Waals surface area contributed by atoms with Gasteiger partial charge in [0.05, 0.1) is 18.7 Å². The van der Waals surface area contributed by atoms with Crippen LogP contribution < -0.4 is 0 Å². The number of rotatable bonds is 3. The molecule has 3 rings (SSSR count). The molecule has 0 spiro atoms. The smallest absolute Gasteiger partial charge is 0.112 e. The molecule has 2 fully saturated rings. The van der Waals surface area contributed by atoms with Crippen LogP contribution in [-0.2, 0) is 4.74 Å². The third kappa shape index (κ3) is 2.13. The number of fused-ring (bicyclic) bond motifs is 1. The van der Waals surface area contributed by atoms with E-state index in [-0.39, 0.29) is 17.8 Å². The maximum absolute atomic E-state index is 9.84. The highest BCUT2D eigenvalue weighted by atomic mass is 16.5. The lowest BCUT2D eigenvalue weighted by atomic mass is 9.82. The summed E-state index contributed by atoms with van der Waals surface area (Å²) in [5.41, 5.74) is 0.932. The minimum atomic E-state index is -0.339. The lowest BCUT2D eigenvalue weighted by Gasteiger charge is -2.45. The fraction of sp³-hybridized carbons (Fsp3) is 0.588. The molecule has 2 saturated heterocycles. The van der Waals surface area contributed by atoms with Crippen molar-refractivity contribution < 1.29 is 4.74 Å². The van der Waals surface area contributed by atoms with Crippen LogP contribution in [0.1, 0.15) is 50.6 Å². The number of nitriles is 1. The van der Waals surface area contributed by atoms with Crippen LogP contribution in [0.4, 0.5) is 0 Å². The van der Waals surface area contributed by atoms with Gasteiger partial charge in [-0.3, -0.25) is 4.90 Å². The Labute approximate surface area is 121 Å². The lowest BCUT2D eigenvalue weighted by Crippen LogP contribution is -2.54. The molecule has 0 saturated carbocycles. The van der Waals surface area contributed by atoms with Crippen molar-refractivity contribution in [3.63, 3.8) is 0 Å². The molecule has 2 heterocycles. The first kappa shape index (κ1) is 13.6. The summed E-state index contributed by atoms with van der Waals surface area (Å²) in [6.07, 6.45) is 5.22. The van der Waals surface area contributed by atoms with Gasteiger partial charge in [0.2, 0.25) is 0 Å². The van der Waals surface area contributed by atoms with Crippen molar-refractivity contribution in [2.24, 2.45) is 0 Å². The number of ether oxygens (including phenoxy) is 1. The Morgan fingerprint density at radius 1 is 1.40 bits per heavy atom. The average molecular weight is 270 g/mol. The van der Waals surface area contributed by atoms with E-state index in [0.29, 0.717) is 6.61 Å². The molecular formula is C17H22N2O. The maximum Gasteiger partial charge on any atom is 0.112 e. The Morgan fingerprint density at radius 2 is 2.20 bits per heavy atom. The molecule has 0 bridgehead atoms. The highest BCUT2D eigenvalue weighted by molar-refractivity contribution is 5.24. The summed E-state index contributed by atoms with van der Waals surface area (Å²) in [5.74, 6) is 0. The summed E-state index contributed by atoms with van der Waals surface area (Å²) in [7, 11) is 0. The number of hydrogen-bond acceptors (Lipinski definition) is 3. The number of nitrogens with zero attached hydrogens (tertiary/aromatic N) is 2. The molecule has 106 valence electrons. The zero-order valence-electron chi connectivity index (χ0n) is 12.1. The molecule has 20 heavy (non-hydrogen) atoms. The predicted molar refractivity (Wildman–Crippen MR) is 77.9 cm³/mol. The van der Waals surface area contributed by atoms with Crippen molar-refractivity contribution in [3.8, 4) is 6.07 Å². The minimum absolute atomic E-state index is 0.125. The Bertz CT molecular complexity index is 491.